The molecule has 0 aliphatic carbocycles. The van der Waals surface area contributed by atoms with Crippen LogP contribution in [0.2, 0.25) is 10.0 Å². The fourth-order valence-corrected chi connectivity index (χ4v) is 4.52. The van der Waals surface area contributed by atoms with E-state index in [0.717, 1.165) is 11.1 Å². The van der Waals surface area contributed by atoms with Crippen molar-refractivity contribution < 1.29 is 18.9 Å². The SMILES string of the molecule is COc1ccc(/C=N/Nc2nc(N3CCOCC3)nc(N3CCOCC3)n2)cc1OCc1ccc(Cl)cc1Cl. The van der Waals surface area contributed by atoms with E-state index in [0.29, 0.717) is 92.0 Å². The first kappa shape index (κ1) is 27.2. The summed E-state index contributed by atoms with van der Waals surface area (Å²) in [4.78, 5) is 18.1. The minimum Gasteiger partial charge on any atom is -0.493 e. The number of nitrogens with zero attached hydrogens (tertiary/aromatic N) is 6. The van der Waals surface area contributed by atoms with Crippen molar-refractivity contribution in [3.05, 3.63) is 57.6 Å². The van der Waals surface area contributed by atoms with Crippen LogP contribution >= 0.6 is 23.2 Å². The molecule has 0 spiro atoms. The number of hydrogen-bond acceptors (Lipinski definition) is 11. The second-order valence-electron chi connectivity index (χ2n) is 8.76. The summed E-state index contributed by atoms with van der Waals surface area (Å²) >= 11 is 12.3. The highest BCUT2D eigenvalue weighted by atomic mass is 35.5. The molecule has 2 fully saturated rings. The average molecular weight is 574 g/mol. The van der Waals surface area contributed by atoms with E-state index in [1.54, 1.807) is 25.5 Å². The molecular weight excluding hydrogens is 545 g/mol. The van der Waals surface area contributed by atoms with E-state index in [1.165, 1.54) is 0 Å². The molecule has 39 heavy (non-hydrogen) atoms. The van der Waals surface area contributed by atoms with Crippen LogP contribution in [-0.4, -0.2) is 80.9 Å². The van der Waals surface area contributed by atoms with Crippen molar-refractivity contribution in [3.63, 3.8) is 0 Å². The minimum atomic E-state index is 0.255. The van der Waals surface area contributed by atoms with Crippen molar-refractivity contribution in [2.45, 2.75) is 6.61 Å². The zero-order valence-electron chi connectivity index (χ0n) is 21.5. The third-order valence-electron chi connectivity index (χ3n) is 6.16. The quantitative estimate of drug-likeness (QED) is 0.299. The van der Waals surface area contributed by atoms with E-state index in [2.05, 4.69) is 30.3 Å². The molecule has 206 valence electrons. The molecule has 1 N–H and O–H groups in total. The van der Waals surface area contributed by atoms with Gasteiger partial charge in [-0.1, -0.05) is 29.3 Å². The number of aromatic nitrogens is 3. The van der Waals surface area contributed by atoms with Crippen LogP contribution in [0, 0.1) is 0 Å². The highest BCUT2D eigenvalue weighted by Crippen LogP contribution is 2.30. The molecule has 0 unspecified atom stereocenters. The summed E-state index contributed by atoms with van der Waals surface area (Å²) in [6, 6.07) is 10.8. The number of methoxy groups -OCH3 is 1. The van der Waals surface area contributed by atoms with E-state index < -0.39 is 0 Å². The standard InChI is InChI=1S/C26H29Cl2N7O4/c1-36-22-5-2-18(14-23(22)39-17-19-3-4-20(27)15-21(19)28)16-29-33-24-30-25(34-6-10-37-11-7-34)32-26(31-24)35-8-12-38-13-9-35/h2-5,14-16H,6-13,17H2,1H3,(H,30,31,32,33)/b29-16+. The van der Waals surface area contributed by atoms with Gasteiger partial charge < -0.3 is 28.7 Å². The van der Waals surface area contributed by atoms with Gasteiger partial charge in [0.25, 0.3) is 0 Å². The van der Waals surface area contributed by atoms with Crippen molar-refractivity contribution in [1.82, 2.24) is 15.0 Å². The number of anilines is 3. The maximum atomic E-state index is 6.29. The van der Waals surface area contributed by atoms with E-state index in [1.807, 2.05) is 24.3 Å². The van der Waals surface area contributed by atoms with Crippen LogP contribution in [0.15, 0.2) is 41.5 Å². The summed E-state index contributed by atoms with van der Waals surface area (Å²) in [7, 11) is 1.59. The topological polar surface area (TPSA) is 106 Å². The van der Waals surface area contributed by atoms with Gasteiger partial charge in [0.2, 0.25) is 17.8 Å². The lowest BCUT2D eigenvalue weighted by Gasteiger charge is -2.30. The summed E-state index contributed by atoms with van der Waals surface area (Å²) in [6.07, 6.45) is 1.66. The first-order valence-electron chi connectivity index (χ1n) is 12.5. The van der Waals surface area contributed by atoms with Crippen molar-refractivity contribution in [3.8, 4) is 11.5 Å². The molecule has 2 aliphatic heterocycles. The minimum absolute atomic E-state index is 0.255. The Kier molecular flexibility index (Phi) is 9.15. The van der Waals surface area contributed by atoms with Gasteiger partial charge >= 0.3 is 0 Å². The molecule has 3 heterocycles. The van der Waals surface area contributed by atoms with Gasteiger partial charge in [-0.3, -0.25) is 0 Å². The van der Waals surface area contributed by atoms with E-state index >= 15 is 0 Å². The lowest BCUT2D eigenvalue weighted by atomic mass is 10.2. The Morgan fingerprint density at radius 1 is 0.897 bits per heavy atom. The number of hydrogen-bond donors (Lipinski definition) is 1. The van der Waals surface area contributed by atoms with Gasteiger partial charge in [-0.15, -0.1) is 0 Å². The van der Waals surface area contributed by atoms with Crippen molar-refractivity contribution in [2.24, 2.45) is 5.10 Å². The van der Waals surface area contributed by atoms with Crippen LogP contribution in [0.1, 0.15) is 11.1 Å². The largest absolute Gasteiger partial charge is 0.493 e. The maximum absolute atomic E-state index is 6.29. The molecule has 11 nitrogen and oxygen atoms in total. The Morgan fingerprint density at radius 3 is 2.18 bits per heavy atom. The van der Waals surface area contributed by atoms with Gasteiger partial charge in [0.15, 0.2) is 11.5 Å². The number of rotatable bonds is 9. The summed E-state index contributed by atoms with van der Waals surface area (Å²) in [5.41, 5.74) is 4.56. The number of halogens is 2. The second kappa shape index (κ2) is 13.1. The van der Waals surface area contributed by atoms with Crippen LogP contribution < -0.4 is 24.7 Å². The van der Waals surface area contributed by atoms with Crippen LogP contribution in [0.5, 0.6) is 11.5 Å². The van der Waals surface area contributed by atoms with Gasteiger partial charge in [0.05, 0.1) is 39.8 Å². The molecule has 0 bridgehead atoms. The lowest BCUT2D eigenvalue weighted by molar-refractivity contribution is 0.121. The second-order valence-corrected chi connectivity index (χ2v) is 9.61. The van der Waals surface area contributed by atoms with Gasteiger partial charge in [0.1, 0.15) is 6.61 Å². The van der Waals surface area contributed by atoms with Crippen molar-refractivity contribution in [2.75, 3.05) is 74.9 Å². The first-order chi connectivity index (χ1) is 19.1. The summed E-state index contributed by atoms with van der Waals surface area (Å²) in [6.45, 7) is 5.63. The molecule has 2 aliphatic rings. The Labute approximate surface area is 236 Å². The zero-order chi connectivity index (χ0) is 27.0. The lowest BCUT2D eigenvalue weighted by Crippen LogP contribution is -2.40. The Balaban J connectivity index is 1.31. The van der Waals surface area contributed by atoms with E-state index in [4.69, 9.17) is 47.1 Å². The molecule has 0 amide bonds. The van der Waals surface area contributed by atoms with Crippen molar-refractivity contribution >= 4 is 47.3 Å². The van der Waals surface area contributed by atoms with Gasteiger partial charge in [-0.2, -0.15) is 20.1 Å². The van der Waals surface area contributed by atoms with E-state index in [-0.39, 0.29) is 6.61 Å². The van der Waals surface area contributed by atoms with Crippen LogP contribution in [0.25, 0.3) is 0 Å². The Bertz CT molecular complexity index is 1270. The molecule has 1 aromatic heterocycles. The third kappa shape index (κ3) is 7.18. The number of hydrazone groups is 1. The first-order valence-corrected chi connectivity index (χ1v) is 13.3. The molecule has 13 heteroatoms. The predicted octanol–water partition coefficient (Wildman–Crippen LogP) is 3.89. The van der Waals surface area contributed by atoms with Gasteiger partial charge in [-0.25, -0.2) is 5.43 Å². The molecule has 5 rings (SSSR count). The third-order valence-corrected chi connectivity index (χ3v) is 6.75. The van der Waals surface area contributed by atoms with Gasteiger partial charge in [-0.05, 0) is 35.9 Å². The Hall–Kier alpha value is -3.38. The number of ether oxygens (including phenoxy) is 4. The molecule has 3 aromatic rings. The predicted molar refractivity (Wildman–Crippen MR) is 151 cm³/mol. The number of benzene rings is 2. The van der Waals surface area contributed by atoms with E-state index in [9.17, 15) is 0 Å². The molecule has 2 saturated heterocycles. The Morgan fingerprint density at radius 2 is 1.56 bits per heavy atom. The van der Waals surface area contributed by atoms with Crippen LogP contribution in [0.3, 0.4) is 0 Å². The highest BCUT2D eigenvalue weighted by Gasteiger charge is 2.20. The van der Waals surface area contributed by atoms with Gasteiger partial charge in [0, 0.05) is 41.8 Å². The fraction of sp³-hybridized carbons (Fsp3) is 0.385. The summed E-state index contributed by atoms with van der Waals surface area (Å²) in [5, 5.41) is 5.48. The van der Waals surface area contributed by atoms with Crippen LogP contribution in [-0.2, 0) is 16.1 Å². The molecular formula is C26H29Cl2N7O4. The molecule has 2 aromatic carbocycles. The molecule has 0 radical (unpaired) electrons. The fourth-order valence-electron chi connectivity index (χ4n) is 4.06. The monoisotopic (exact) mass is 573 g/mol. The number of morpholine rings is 2. The summed E-state index contributed by atoms with van der Waals surface area (Å²) < 4.78 is 22.4. The summed E-state index contributed by atoms with van der Waals surface area (Å²) in [5.74, 6) is 2.68. The van der Waals surface area contributed by atoms with Crippen molar-refractivity contribution in [1.29, 1.82) is 0 Å². The highest BCUT2D eigenvalue weighted by molar-refractivity contribution is 6.35. The average Bonchev–Trinajstić information content (AvgIpc) is 2.97. The zero-order valence-corrected chi connectivity index (χ0v) is 23.0. The molecule has 0 saturated carbocycles. The number of nitrogens with one attached hydrogen (secondary N) is 1. The van der Waals surface area contributed by atoms with Crippen LogP contribution in [0.4, 0.5) is 17.8 Å². The maximum Gasteiger partial charge on any atom is 0.250 e. The molecule has 0 atom stereocenters. The smallest absolute Gasteiger partial charge is 0.250 e. The normalized spacial score (nSPS) is 16.0.